The predicted molar refractivity (Wildman–Crippen MR) is 65.5 cm³/mol. The molecule has 0 saturated heterocycles. The van der Waals surface area contributed by atoms with Crippen molar-refractivity contribution in [2.24, 2.45) is 0 Å². The maximum atomic E-state index is 11.1. The van der Waals surface area contributed by atoms with Crippen molar-refractivity contribution in [2.75, 3.05) is 6.61 Å². The van der Waals surface area contributed by atoms with Crippen LogP contribution < -0.4 is 4.74 Å². The van der Waals surface area contributed by atoms with Crippen molar-refractivity contribution in [1.82, 2.24) is 4.98 Å². The standard InChI is InChI=1S/C11H12NO6P/c1-3-4-17-11-8(2)12-5-9(10(11)6-13)7-18-19(14,15)16/h1,5-6H,4,7H2,2H3,(H2,14,15,16). The molecule has 0 aromatic carbocycles. The van der Waals surface area contributed by atoms with E-state index in [0.29, 0.717) is 12.0 Å². The Morgan fingerprint density at radius 3 is 2.79 bits per heavy atom. The molecule has 0 aliphatic carbocycles. The van der Waals surface area contributed by atoms with Crippen LogP contribution in [-0.4, -0.2) is 27.7 Å². The fourth-order valence-corrected chi connectivity index (χ4v) is 1.64. The van der Waals surface area contributed by atoms with Crippen LogP contribution in [0.2, 0.25) is 0 Å². The highest BCUT2D eigenvalue weighted by molar-refractivity contribution is 7.46. The molecular formula is C11H12NO6P. The Morgan fingerprint density at radius 1 is 1.58 bits per heavy atom. The average molecular weight is 285 g/mol. The highest BCUT2D eigenvalue weighted by Crippen LogP contribution is 2.37. The lowest BCUT2D eigenvalue weighted by Crippen LogP contribution is -2.06. The Bertz CT molecular complexity index is 559. The van der Waals surface area contributed by atoms with Gasteiger partial charge < -0.3 is 14.5 Å². The summed E-state index contributed by atoms with van der Waals surface area (Å²) < 4.78 is 20.2. The smallest absolute Gasteiger partial charge is 0.469 e. The third-order valence-corrected chi connectivity index (χ3v) is 2.60. The number of aldehydes is 1. The zero-order chi connectivity index (χ0) is 14.5. The van der Waals surface area contributed by atoms with Crippen LogP contribution in [-0.2, 0) is 15.7 Å². The largest absolute Gasteiger partial charge is 0.478 e. The van der Waals surface area contributed by atoms with E-state index in [1.54, 1.807) is 6.92 Å². The van der Waals surface area contributed by atoms with Crippen LogP contribution in [0.25, 0.3) is 0 Å². The van der Waals surface area contributed by atoms with Gasteiger partial charge in [-0.05, 0) is 6.92 Å². The summed E-state index contributed by atoms with van der Waals surface area (Å²) in [4.78, 5) is 32.3. The van der Waals surface area contributed by atoms with E-state index >= 15 is 0 Å². The summed E-state index contributed by atoms with van der Waals surface area (Å²) in [5.74, 6) is 2.43. The highest BCUT2D eigenvalue weighted by Gasteiger charge is 2.18. The Labute approximate surface area is 109 Å². The third-order valence-electron chi connectivity index (χ3n) is 2.14. The zero-order valence-corrected chi connectivity index (χ0v) is 11.0. The van der Waals surface area contributed by atoms with E-state index in [1.807, 2.05) is 0 Å². The molecule has 0 atom stereocenters. The monoisotopic (exact) mass is 285 g/mol. The van der Waals surface area contributed by atoms with E-state index in [-0.39, 0.29) is 23.5 Å². The first-order chi connectivity index (χ1) is 8.89. The summed E-state index contributed by atoms with van der Waals surface area (Å²) in [5.41, 5.74) is 0.754. The summed E-state index contributed by atoms with van der Waals surface area (Å²) in [5, 5.41) is 0. The quantitative estimate of drug-likeness (QED) is 0.453. The average Bonchev–Trinajstić information content (AvgIpc) is 2.34. The van der Waals surface area contributed by atoms with E-state index in [1.165, 1.54) is 6.20 Å². The molecule has 0 unspecified atom stereocenters. The molecule has 1 aromatic rings. The number of pyridine rings is 1. The minimum atomic E-state index is -4.63. The molecule has 8 heteroatoms. The molecule has 19 heavy (non-hydrogen) atoms. The van der Waals surface area contributed by atoms with Gasteiger partial charge in [0.05, 0.1) is 17.9 Å². The summed E-state index contributed by atoms with van der Waals surface area (Å²) in [7, 11) is -4.63. The lowest BCUT2D eigenvalue weighted by molar-refractivity contribution is 0.111. The van der Waals surface area contributed by atoms with E-state index in [0.717, 1.165) is 0 Å². The molecule has 0 spiro atoms. The molecule has 7 nitrogen and oxygen atoms in total. The van der Waals surface area contributed by atoms with Crippen molar-refractivity contribution >= 4 is 14.1 Å². The second-order valence-electron chi connectivity index (χ2n) is 3.49. The van der Waals surface area contributed by atoms with Gasteiger partial charge >= 0.3 is 7.82 Å². The highest BCUT2D eigenvalue weighted by atomic mass is 31.2. The zero-order valence-electron chi connectivity index (χ0n) is 10.1. The number of nitrogens with zero attached hydrogens (tertiary/aromatic N) is 1. The molecule has 0 radical (unpaired) electrons. The van der Waals surface area contributed by atoms with Gasteiger partial charge in [-0.15, -0.1) is 6.42 Å². The second-order valence-corrected chi connectivity index (χ2v) is 4.73. The van der Waals surface area contributed by atoms with Crippen LogP contribution in [0.4, 0.5) is 0 Å². The molecule has 0 amide bonds. The van der Waals surface area contributed by atoms with Gasteiger partial charge in [-0.25, -0.2) is 4.57 Å². The van der Waals surface area contributed by atoms with Crippen LogP contribution in [0.15, 0.2) is 6.20 Å². The van der Waals surface area contributed by atoms with Crippen LogP contribution in [0.1, 0.15) is 21.6 Å². The number of carbonyl (C=O) groups is 1. The van der Waals surface area contributed by atoms with Crippen molar-refractivity contribution in [1.29, 1.82) is 0 Å². The molecule has 102 valence electrons. The van der Waals surface area contributed by atoms with Gasteiger partial charge in [0.25, 0.3) is 0 Å². The first-order valence-corrected chi connectivity index (χ1v) is 6.62. The number of rotatable bonds is 6. The number of hydrogen-bond acceptors (Lipinski definition) is 5. The van der Waals surface area contributed by atoms with Gasteiger partial charge in [0, 0.05) is 11.8 Å². The summed E-state index contributed by atoms with van der Waals surface area (Å²) in [6, 6.07) is 0. The van der Waals surface area contributed by atoms with Gasteiger partial charge in [-0.1, -0.05) is 5.92 Å². The van der Waals surface area contributed by atoms with Crippen LogP contribution in [0.3, 0.4) is 0 Å². The molecule has 0 fully saturated rings. The SMILES string of the molecule is C#CCOc1c(C)ncc(COP(=O)(O)O)c1C=O. The molecule has 1 heterocycles. The minimum Gasteiger partial charge on any atom is -0.478 e. The fraction of sp³-hybridized carbons (Fsp3) is 0.273. The molecule has 1 aromatic heterocycles. The van der Waals surface area contributed by atoms with Gasteiger partial charge in [0.1, 0.15) is 6.61 Å². The number of carbonyl (C=O) groups excluding carboxylic acids is 1. The van der Waals surface area contributed by atoms with Crippen LogP contribution in [0.5, 0.6) is 5.75 Å². The number of ether oxygens (including phenoxy) is 1. The lowest BCUT2D eigenvalue weighted by atomic mass is 10.1. The van der Waals surface area contributed by atoms with Gasteiger partial charge in [-0.2, -0.15) is 0 Å². The number of phosphoric acid groups is 1. The van der Waals surface area contributed by atoms with Gasteiger partial charge in [0.2, 0.25) is 0 Å². The van der Waals surface area contributed by atoms with E-state index in [4.69, 9.17) is 20.9 Å². The molecule has 2 N–H and O–H groups in total. The van der Waals surface area contributed by atoms with Gasteiger partial charge in [0.15, 0.2) is 12.0 Å². The Hall–Kier alpha value is -1.71. The molecule has 0 aliphatic rings. The van der Waals surface area contributed by atoms with Crippen molar-refractivity contribution in [2.45, 2.75) is 13.5 Å². The Kier molecular flexibility index (Phi) is 5.21. The van der Waals surface area contributed by atoms with Crippen molar-refractivity contribution in [3.05, 3.63) is 23.0 Å². The van der Waals surface area contributed by atoms with E-state index in [9.17, 15) is 9.36 Å². The van der Waals surface area contributed by atoms with Crippen molar-refractivity contribution in [3.8, 4) is 18.1 Å². The minimum absolute atomic E-state index is 0.0494. The number of terminal acetylenes is 1. The summed E-state index contributed by atoms with van der Waals surface area (Å²) >= 11 is 0. The van der Waals surface area contributed by atoms with E-state index < -0.39 is 14.4 Å². The third kappa shape index (κ3) is 4.47. The maximum Gasteiger partial charge on any atom is 0.469 e. The second kappa shape index (κ2) is 6.45. The number of aryl methyl sites for hydroxylation is 1. The maximum absolute atomic E-state index is 11.1. The van der Waals surface area contributed by atoms with E-state index in [2.05, 4.69) is 15.4 Å². The molecular weight excluding hydrogens is 273 g/mol. The predicted octanol–water partition coefficient (Wildman–Crippen LogP) is 0.824. The first-order valence-electron chi connectivity index (χ1n) is 5.09. The first kappa shape index (κ1) is 15.3. The number of aromatic nitrogens is 1. The molecule has 0 bridgehead atoms. The fourth-order valence-electron chi connectivity index (χ4n) is 1.34. The molecule has 1 rings (SSSR count). The number of phosphoric ester groups is 1. The van der Waals surface area contributed by atoms with Crippen LogP contribution in [0, 0.1) is 19.3 Å². The summed E-state index contributed by atoms with van der Waals surface area (Å²) in [6.45, 7) is 1.11. The Morgan fingerprint density at radius 2 is 2.26 bits per heavy atom. The number of hydrogen-bond donors (Lipinski definition) is 2. The topological polar surface area (TPSA) is 106 Å². The normalized spacial score (nSPS) is 10.8. The van der Waals surface area contributed by atoms with Gasteiger partial charge in [-0.3, -0.25) is 14.3 Å². The van der Waals surface area contributed by atoms with Crippen molar-refractivity contribution in [3.63, 3.8) is 0 Å². The van der Waals surface area contributed by atoms with Crippen LogP contribution >= 0.6 is 7.82 Å². The Balaban J connectivity index is 3.09. The molecule has 0 aliphatic heterocycles. The summed E-state index contributed by atoms with van der Waals surface area (Å²) in [6.07, 6.45) is 6.85. The lowest BCUT2D eigenvalue weighted by Gasteiger charge is -2.12. The van der Waals surface area contributed by atoms with Crippen molar-refractivity contribution < 1.29 is 28.4 Å². The molecule has 0 saturated carbocycles.